The first-order chi connectivity index (χ1) is 16.0. The Labute approximate surface area is 191 Å². The van der Waals surface area contributed by atoms with Gasteiger partial charge in [0, 0.05) is 23.2 Å². The van der Waals surface area contributed by atoms with E-state index < -0.39 is 9.84 Å². The zero-order valence-corrected chi connectivity index (χ0v) is 19.2. The average Bonchev–Trinajstić information content (AvgIpc) is 3.45. The van der Waals surface area contributed by atoms with Crippen molar-refractivity contribution in [2.45, 2.75) is 25.3 Å². The number of sulfone groups is 1. The summed E-state index contributed by atoms with van der Waals surface area (Å²) in [6.07, 6.45) is 5.23. The van der Waals surface area contributed by atoms with Crippen LogP contribution in [0, 0.1) is 6.92 Å². The highest BCUT2D eigenvalue weighted by Crippen LogP contribution is 2.36. The van der Waals surface area contributed by atoms with Crippen LogP contribution in [-0.4, -0.2) is 45.5 Å². The molecule has 0 atom stereocenters. The van der Waals surface area contributed by atoms with Crippen LogP contribution in [0.5, 0.6) is 0 Å². The quantitative estimate of drug-likeness (QED) is 0.367. The summed E-state index contributed by atoms with van der Waals surface area (Å²) in [6.45, 7) is 4.58. The Hall–Kier alpha value is -3.72. The van der Waals surface area contributed by atoms with E-state index in [1.54, 1.807) is 46.9 Å². The van der Waals surface area contributed by atoms with Crippen molar-refractivity contribution in [2.75, 3.05) is 12.4 Å². The van der Waals surface area contributed by atoms with E-state index in [4.69, 9.17) is 4.84 Å². The van der Waals surface area contributed by atoms with E-state index in [2.05, 4.69) is 21.4 Å². The summed E-state index contributed by atoms with van der Waals surface area (Å²) in [5.41, 5.74) is 4.36. The Morgan fingerprint density at radius 3 is 2.73 bits per heavy atom. The van der Waals surface area contributed by atoms with E-state index in [1.807, 2.05) is 37.4 Å². The van der Waals surface area contributed by atoms with Crippen molar-refractivity contribution in [1.29, 1.82) is 0 Å². The Morgan fingerprint density at radius 2 is 1.94 bits per heavy atom. The van der Waals surface area contributed by atoms with Crippen LogP contribution in [-0.2, 0) is 16.4 Å². The molecule has 0 saturated carbocycles. The van der Waals surface area contributed by atoms with E-state index in [9.17, 15) is 8.42 Å². The maximum Gasteiger partial charge on any atom is 0.178 e. The number of nitrogens with zero attached hydrogens (tertiary/aromatic N) is 5. The number of hydrogen-bond acceptors (Lipinski definition) is 6. The smallest absolute Gasteiger partial charge is 0.178 e. The lowest BCUT2D eigenvalue weighted by Crippen LogP contribution is -2.17. The maximum atomic E-state index is 12.5. The molecule has 0 unspecified atom stereocenters. The van der Waals surface area contributed by atoms with Crippen molar-refractivity contribution in [1.82, 2.24) is 24.7 Å². The molecule has 0 spiro atoms. The molecule has 0 bridgehead atoms. The van der Waals surface area contributed by atoms with Gasteiger partial charge >= 0.3 is 0 Å². The first kappa shape index (κ1) is 21.1. The lowest BCUT2D eigenvalue weighted by Gasteiger charge is -2.10. The van der Waals surface area contributed by atoms with Crippen LogP contribution in [0.15, 0.2) is 72.0 Å². The first-order valence-electron chi connectivity index (χ1n) is 10.7. The first-order valence-corrected chi connectivity index (χ1v) is 12.3. The minimum atomic E-state index is -3.32. The van der Waals surface area contributed by atoms with Crippen molar-refractivity contribution in [3.8, 4) is 11.1 Å². The molecule has 8 nitrogen and oxygen atoms in total. The molecule has 0 N–H and O–H groups in total. The fraction of sp³-hybridized carbons (Fsp3) is 0.208. The maximum absolute atomic E-state index is 12.5. The Morgan fingerprint density at radius 1 is 1.09 bits per heavy atom. The highest BCUT2D eigenvalue weighted by atomic mass is 32.2. The van der Waals surface area contributed by atoms with Crippen LogP contribution in [0.3, 0.4) is 0 Å². The van der Waals surface area contributed by atoms with Gasteiger partial charge in [-0.1, -0.05) is 36.4 Å². The summed E-state index contributed by atoms with van der Waals surface area (Å²) < 4.78 is 28.4. The molecule has 5 rings (SSSR count). The number of aromatic nitrogens is 5. The minimum Gasteiger partial charge on any atom is -0.410 e. The second-order valence-corrected chi connectivity index (χ2v) is 10.1. The van der Waals surface area contributed by atoms with E-state index in [0.717, 1.165) is 33.0 Å². The van der Waals surface area contributed by atoms with Crippen LogP contribution >= 0.6 is 0 Å². The van der Waals surface area contributed by atoms with E-state index in [-0.39, 0.29) is 5.75 Å². The van der Waals surface area contributed by atoms with Gasteiger partial charge in [0.25, 0.3) is 0 Å². The summed E-state index contributed by atoms with van der Waals surface area (Å²) in [7, 11) is -3.32. The minimum absolute atomic E-state index is 0.0582. The summed E-state index contributed by atoms with van der Waals surface area (Å²) in [6, 6.07) is 15.1. The van der Waals surface area contributed by atoms with Crippen LogP contribution in [0.4, 0.5) is 0 Å². The Kier molecular flexibility index (Phi) is 5.33. The second kappa shape index (κ2) is 8.32. The normalized spacial score (nSPS) is 11.9. The highest BCUT2D eigenvalue weighted by Gasteiger charge is 2.19. The molecular formula is C24H23N5O3S. The molecule has 0 aliphatic heterocycles. The SMILES string of the molecule is CCS(=O)(=O)c1cccc(-c2cccc3c2c2cc(C)cnc2n3OCCn2ccnn2)c1. The Bertz CT molecular complexity index is 1560. The molecule has 0 saturated heterocycles. The number of aryl methyl sites for hydroxylation is 1. The van der Waals surface area contributed by atoms with Gasteiger partial charge in [0.05, 0.1) is 28.9 Å². The molecule has 0 aliphatic rings. The van der Waals surface area contributed by atoms with Crippen LogP contribution < -0.4 is 4.84 Å². The van der Waals surface area contributed by atoms with E-state index in [0.29, 0.717) is 23.7 Å². The number of hydrogen-bond donors (Lipinski definition) is 0. The van der Waals surface area contributed by atoms with Gasteiger partial charge in [-0.3, -0.25) is 0 Å². The summed E-state index contributed by atoms with van der Waals surface area (Å²) >= 11 is 0. The Balaban J connectivity index is 1.67. The summed E-state index contributed by atoms with van der Waals surface area (Å²) in [5, 5.41) is 9.71. The van der Waals surface area contributed by atoms with Crippen molar-refractivity contribution in [3.63, 3.8) is 0 Å². The molecule has 2 aromatic carbocycles. The highest BCUT2D eigenvalue weighted by molar-refractivity contribution is 7.91. The van der Waals surface area contributed by atoms with Gasteiger partial charge in [-0.2, -0.15) is 4.73 Å². The molecule has 0 radical (unpaired) electrons. The van der Waals surface area contributed by atoms with Gasteiger partial charge in [-0.05, 0) is 47.9 Å². The second-order valence-electron chi connectivity index (χ2n) is 7.81. The molecule has 0 aliphatic carbocycles. The third-order valence-corrected chi connectivity index (χ3v) is 7.36. The summed E-state index contributed by atoms with van der Waals surface area (Å²) in [5.74, 6) is 0.0582. The third-order valence-electron chi connectivity index (χ3n) is 5.62. The number of pyridine rings is 1. The standard InChI is InChI=1S/C24H23N5O3S/c1-3-33(30,31)19-7-4-6-18(15-19)20-8-5-9-22-23(20)21-14-17(2)16-25-24(21)29(22)32-13-12-28-11-10-26-27-28/h4-11,14-16H,3,12-13H2,1-2H3. The largest absolute Gasteiger partial charge is 0.410 e. The summed E-state index contributed by atoms with van der Waals surface area (Å²) in [4.78, 5) is 11.1. The van der Waals surface area contributed by atoms with E-state index in [1.165, 1.54) is 0 Å². The molecule has 0 fully saturated rings. The van der Waals surface area contributed by atoms with Crippen LogP contribution in [0.25, 0.3) is 33.1 Å². The van der Waals surface area contributed by atoms with E-state index >= 15 is 0 Å². The molecular weight excluding hydrogens is 438 g/mol. The molecule has 3 aromatic heterocycles. The zero-order chi connectivity index (χ0) is 23.0. The predicted octanol–water partition coefficient (Wildman–Crippen LogP) is 3.68. The third kappa shape index (κ3) is 3.84. The lowest BCUT2D eigenvalue weighted by atomic mass is 10.00. The number of rotatable bonds is 7. The van der Waals surface area contributed by atoms with Gasteiger partial charge in [-0.25, -0.2) is 18.1 Å². The van der Waals surface area contributed by atoms with Crippen molar-refractivity contribution >= 4 is 31.8 Å². The molecule has 168 valence electrons. The average molecular weight is 462 g/mol. The van der Waals surface area contributed by atoms with Crippen molar-refractivity contribution in [3.05, 3.63) is 72.7 Å². The lowest BCUT2D eigenvalue weighted by molar-refractivity contribution is 0.118. The number of benzene rings is 2. The zero-order valence-electron chi connectivity index (χ0n) is 18.3. The monoisotopic (exact) mass is 461 g/mol. The van der Waals surface area contributed by atoms with Gasteiger partial charge < -0.3 is 4.84 Å². The van der Waals surface area contributed by atoms with Crippen molar-refractivity contribution < 1.29 is 13.3 Å². The van der Waals surface area contributed by atoms with Gasteiger partial charge in [0.15, 0.2) is 15.5 Å². The van der Waals surface area contributed by atoms with Gasteiger partial charge in [0.2, 0.25) is 0 Å². The molecule has 0 amide bonds. The molecule has 3 heterocycles. The fourth-order valence-corrected chi connectivity index (χ4v) is 4.91. The number of fused-ring (bicyclic) bond motifs is 3. The molecule has 33 heavy (non-hydrogen) atoms. The van der Waals surface area contributed by atoms with Gasteiger partial charge in [0.1, 0.15) is 6.61 Å². The van der Waals surface area contributed by atoms with Gasteiger partial charge in [-0.15, -0.1) is 5.10 Å². The van der Waals surface area contributed by atoms with Crippen LogP contribution in [0.2, 0.25) is 0 Å². The van der Waals surface area contributed by atoms with Crippen molar-refractivity contribution in [2.24, 2.45) is 0 Å². The topological polar surface area (TPSA) is 91.9 Å². The molecule has 5 aromatic rings. The fourth-order valence-electron chi connectivity index (χ4n) is 3.99. The van der Waals surface area contributed by atoms with Crippen LogP contribution in [0.1, 0.15) is 12.5 Å². The molecule has 9 heteroatoms. The predicted molar refractivity (Wildman–Crippen MR) is 127 cm³/mol.